The van der Waals surface area contributed by atoms with E-state index in [0.29, 0.717) is 13.0 Å². The van der Waals surface area contributed by atoms with Crippen LogP contribution in [0.1, 0.15) is 54.5 Å². The van der Waals surface area contributed by atoms with Crippen molar-refractivity contribution in [3.8, 4) is 0 Å². The molecule has 0 radical (unpaired) electrons. The zero-order valence-electron chi connectivity index (χ0n) is 12.8. The summed E-state index contributed by atoms with van der Waals surface area (Å²) in [6, 6.07) is 8.21. The molecule has 1 aromatic heterocycles. The molecule has 4 heteroatoms. The van der Waals surface area contributed by atoms with Crippen molar-refractivity contribution in [1.29, 1.82) is 0 Å². The molecule has 0 aliphatic rings. The summed E-state index contributed by atoms with van der Waals surface area (Å²) in [5.74, 6) is 0.198. The van der Waals surface area contributed by atoms with Crippen LogP contribution in [0.4, 0.5) is 0 Å². The lowest BCUT2D eigenvalue weighted by atomic mass is 10.0. The number of aryl methyl sites for hydroxylation is 1. The van der Waals surface area contributed by atoms with Crippen LogP contribution in [0.5, 0.6) is 0 Å². The Bertz CT molecular complexity index is 646. The van der Waals surface area contributed by atoms with Crippen LogP contribution in [0.15, 0.2) is 28.7 Å². The summed E-state index contributed by atoms with van der Waals surface area (Å²) in [6.07, 6.45) is 2.14. The van der Waals surface area contributed by atoms with Crippen LogP contribution in [0.2, 0.25) is 0 Å². The fourth-order valence-electron chi connectivity index (χ4n) is 2.60. The van der Waals surface area contributed by atoms with Crippen molar-refractivity contribution in [2.45, 2.75) is 46.6 Å². The average Bonchev–Trinajstić information content (AvgIpc) is 2.83. The highest BCUT2D eigenvalue weighted by molar-refractivity contribution is 9.10. The first kappa shape index (κ1) is 16.0. The minimum atomic E-state index is 0.198. The van der Waals surface area contributed by atoms with Crippen LogP contribution in [0, 0.1) is 0 Å². The van der Waals surface area contributed by atoms with Gasteiger partial charge in [0.15, 0.2) is 5.78 Å². The summed E-state index contributed by atoms with van der Waals surface area (Å²) in [4.78, 5) is 12.2. The molecule has 0 fully saturated rings. The molecule has 0 saturated heterocycles. The first-order valence-electron chi connectivity index (χ1n) is 7.46. The van der Waals surface area contributed by atoms with E-state index in [1.165, 1.54) is 5.56 Å². The van der Waals surface area contributed by atoms with Crippen LogP contribution in [0.25, 0.3) is 0 Å². The maximum atomic E-state index is 12.2. The molecule has 0 saturated carbocycles. The molecular weight excluding hydrogens is 328 g/mol. The van der Waals surface area contributed by atoms with Gasteiger partial charge in [0.05, 0.1) is 17.8 Å². The van der Waals surface area contributed by atoms with Gasteiger partial charge in [-0.15, -0.1) is 0 Å². The molecule has 0 amide bonds. The number of Topliss-reactive ketones (excluding diaryl/α,β-unsaturated/α-hetero) is 1. The summed E-state index contributed by atoms with van der Waals surface area (Å²) in [6.45, 7) is 6.75. The van der Waals surface area contributed by atoms with E-state index in [1.807, 2.05) is 23.7 Å². The molecule has 0 N–H and O–H groups in total. The molecule has 3 nitrogen and oxygen atoms in total. The smallest absolute Gasteiger partial charge is 0.166 e. The second-order valence-corrected chi connectivity index (χ2v) is 5.96. The van der Waals surface area contributed by atoms with Gasteiger partial charge in [-0.2, -0.15) is 5.10 Å². The van der Waals surface area contributed by atoms with Crippen LogP contribution >= 0.6 is 15.9 Å². The second-order valence-electron chi connectivity index (χ2n) is 5.04. The van der Waals surface area contributed by atoms with Gasteiger partial charge in [0.1, 0.15) is 0 Å². The Hall–Kier alpha value is -1.42. The Balaban J connectivity index is 2.44. The fourth-order valence-corrected chi connectivity index (χ4v) is 3.04. The maximum absolute atomic E-state index is 12.2. The van der Waals surface area contributed by atoms with Gasteiger partial charge in [0.2, 0.25) is 0 Å². The van der Waals surface area contributed by atoms with Crippen molar-refractivity contribution in [2.24, 2.45) is 0 Å². The minimum Gasteiger partial charge on any atom is -0.294 e. The third kappa shape index (κ3) is 3.43. The predicted octanol–water partition coefficient (Wildman–Crippen LogP) is 4.41. The quantitative estimate of drug-likeness (QED) is 0.724. The number of nitrogens with zero attached hydrogens (tertiary/aromatic N) is 2. The lowest BCUT2D eigenvalue weighted by molar-refractivity contribution is 0.0986. The second kappa shape index (κ2) is 7.03. The van der Waals surface area contributed by atoms with Crippen molar-refractivity contribution in [3.63, 3.8) is 0 Å². The van der Waals surface area contributed by atoms with Gasteiger partial charge < -0.3 is 0 Å². The molecule has 2 rings (SSSR count). The number of carbonyl (C=O) groups is 1. The third-order valence-corrected chi connectivity index (χ3v) is 4.11. The monoisotopic (exact) mass is 348 g/mol. The average molecular weight is 349 g/mol. The highest BCUT2D eigenvalue weighted by atomic mass is 79.9. The first-order chi connectivity index (χ1) is 10.1. The highest BCUT2D eigenvalue weighted by Crippen LogP contribution is 2.20. The van der Waals surface area contributed by atoms with Crippen LogP contribution in [-0.2, 0) is 19.4 Å². The van der Waals surface area contributed by atoms with Gasteiger partial charge in [-0.3, -0.25) is 9.48 Å². The molecule has 0 spiro atoms. The number of carbonyl (C=O) groups excluding carboxylic acids is 1. The fraction of sp³-hybridized carbons (Fsp3) is 0.412. The van der Waals surface area contributed by atoms with Crippen LogP contribution in [-0.4, -0.2) is 15.6 Å². The maximum Gasteiger partial charge on any atom is 0.166 e. The van der Waals surface area contributed by atoms with Gasteiger partial charge in [0, 0.05) is 16.6 Å². The summed E-state index contributed by atoms with van der Waals surface area (Å²) in [5.41, 5.74) is 4.00. The Morgan fingerprint density at radius 1 is 1.24 bits per heavy atom. The SMILES string of the molecule is CCC(=O)c1c(CC)nn(Cc2cccc(Br)c2)c1CC. The Morgan fingerprint density at radius 3 is 2.57 bits per heavy atom. The van der Waals surface area contributed by atoms with Gasteiger partial charge in [-0.25, -0.2) is 0 Å². The molecule has 2 aromatic rings. The highest BCUT2D eigenvalue weighted by Gasteiger charge is 2.20. The van der Waals surface area contributed by atoms with Crippen LogP contribution in [0.3, 0.4) is 0 Å². The lowest BCUT2D eigenvalue weighted by Gasteiger charge is -2.08. The molecule has 0 aliphatic heterocycles. The van der Waals surface area contributed by atoms with Crippen molar-refractivity contribution in [3.05, 3.63) is 51.3 Å². The van der Waals surface area contributed by atoms with Crippen molar-refractivity contribution in [2.75, 3.05) is 0 Å². The number of aromatic nitrogens is 2. The zero-order valence-corrected chi connectivity index (χ0v) is 14.4. The number of rotatable bonds is 6. The molecule has 1 heterocycles. The van der Waals surface area contributed by atoms with E-state index in [1.54, 1.807) is 0 Å². The van der Waals surface area contributed by atoms with Crippen LogP contribution < -0.4 is 0 Å². The normalized spacial score (nSPS) is 10.9. The summed E-state index contributed by atoms with van der Waals surface area (Å²) < 4.78 is 3.05. The van der Waals surface area contributed by atoms with Crippen molar-refractivity contribution < 1.29 is 4.79 Å². The molecule has 0 bridgehead atoms. The van der Waals surface area contributed by atoms with E-state index >= 15 is 0 Å². The van der Waals surface area contributed by atoms with E-state index < -0.39 is 0 Å². The topological polar surface area (TPSA) is 34.9 Å². The number of hydrogen-bond acceptors (Lipinski definition) is 2. The Kier molecular flexibility index (Phi) is 5.34. The molecule has 1 aromatic carbocycles. The predicted molar refractivity (Wildman–Crippen MR) is 88.8 cm³/mol. The number of ketones is 1. The molecule has 112 valence electrons. The van der Waals surface area contributed by atoms with Crippen molar-refractivity contribution >= 4 is 21.7 Å². The van der Waals surface area contributed by atoms with Gasteiger partial charge in [-0.1, -0.05) is 48.8 Å². The third-order valence-electron chi connectivity index (χ3n) is 3.62. The minimum absolute atomic E-state index is 0.198. The van der Waals surface area contributed by atoms with E-state index in [-0.39, 0.29) is 5.78 Å². The summed E-state index contributed by atoms with van der Waals surface area (Å²) >= 11 is 3.50. The Morgan fingerprint density at radius 2 is 2.00 bits per heavy atom. The van der Waals surface area contributed by atoms with E-state index in [0.717, 1.165) is 34.3 Å². The lowest BCUT2D eigenvalue weighted by Crippen LogP contribution is -2.08. The number of benzene rings is 1. The molecular formula is C17H21BrN2O. The zero-order chi connectivity index (χ0) is 15.4. The van der Waals surface area contributed by atoms with Gasteiger partial charge in [0.25, 0.3) is 0 Å². The largest absolute Gasteiger partial charge is 0.294 e. The molecule has 21 heavy (non-hydrogen) atoms. The Labute approximate surface area is 134 Å². The summed E-state index contributed by atoms with van der Waals surface area (Å²) in [7, 11) is 0. The molecule has 0 unspecified atom stereocenters. The van der Waals surface area contributed by atoms with Gasteiger partial charge >= 0.3 is 0 Å². The molecule has 0 aliphatic carbocycles. The van der Waals surface area contributed by atoms with E-state index in [9.17, 15) is 4.79 Å². The number of halogens is 1. The summed E-state index contributed by atoms with van der Waals surface area (Å²) in [5, 5.41) is 4.67. The molecule has 0 atom stereocenters. The van der Waals surface area contributed by atoms with Crippen molar-refractivity contribution in [1.82, 2.24) is 9.78 Å². The van der Waals surface area contributed by atoms with E-state index in [2.05, 4.69) is 47.0 Å². The van der Waals surface area contributed by atoms with E-state index in [4.69, 9.17) is 0 Å². The first-order valence-corrected chi connectivity index (χ1v) is 8.26. The number of hydrogen-bond donors (Lipinski definition) is 0. The standard InChI is InChI=1S/C17H21BrN2O/c1-4-14-17(16(21)6-3)15(5-2)20(19-14)11-12-8-7-9-13(18)10-12/h7-10H,4-6,11H2,1-3H3. The van der Waals surface area contributed by atoms with Gasteiger partial charge in [-0.05, 0) is 30.5 Å².